The van der Waals surface area contributed by atoms with Gasteiger partial charge in [0.25, 0.3) is 0 Å². The fourth-order valence-electron chi connectivity index (χ4n) is 4.19. The second kappa shape index (κ2) is 8.80. The summed E-state index contributed by atoms with van der Waals surface area (Å²) in [5, 5.41) is 12.6. The highest BCUT2D eigenvalue weighted by atomic mass is 16.5. The van der Waals surface area contributed by atoms with Gasteiger partial charge < -0.3 is 21.1 Å². The van der Waals surface area contributed by atoms with Crippen LogP contribution in [0.15, 0.2) is 48.9 Å². The molecule has 0 atom stereocenters. The van der Waals surface area contributed by atoms with Gasteiger partial charge in [-0.1, -0.05) is 18.2 Å². The molecule has 4 heterocycles. The van der Waals surface area contributed by atoms with Crippen LogP contribution >= 0.6 is 0 Å². The SMILES string of the molecule is COc1ncccc1CNc1ccc(-c2nn(C3CCNCC3)c3ncnc(N)c23)cc1. The van der Waals surface area contributed by atoms with Gasteiger partial charge in [0.2, 0.25) is 5.88 Å². The van der Waals surface area contributed by atoms with Crippen LogP contribution in [0.5, 0.6) is 5.88 Å². The first-order chi connectivity index (χ1) is 15.7. The molecule has 0 amide bonds. The highest BCUT2D eigenvalue weighted by Crippen LogP contribution is 2.33. The van der Waals surface area contributed by atoms with Gasteiger partial charge in [0.1, 0.15) is 17.8 Å². The fourth-order valence-corrected chi connectivity index (χ4v) is 4.19. The van der Waals surface area contributed by atoms with Crippen molar-refractivity contribution in [3.63, 3.8) is 0 Å². The number of hydrogen-bond donors (Lipinski definition) is 3. The van der Waals surface area contributed by atoms with Crippen molar-refractivity contribution in [2.24, 2.45) is 0 Å². The van der Waals surface area contributed by atoms with Gasteiger partial charge in [-0.15, -0.1) is 0 Å². The van der Waals surface area contributed by atoms with Crippen LogP contribution in [0.3, 0.4) is 0 Å². The van der Waals surface area contributed by atoms with E-state index in [9.17, 15) is 0 Å². The van der Waals surface area contributed by atoms with Crippen LogP contribution in [-0.4, -0.2) is 44.9 Å². The molecule has 9 heteroatoms. The zero-order valence-electron chi connectivity index (χ0n) is 18.0. The summed E-state index contributed by atoms with van der Waals surface area (Å²) in [5.41, 5.74) is 10.8. The average Bonchev–Trinajstić information content (AvgIpc) is 3.25. The molecule has 1 aliphatic heterocycles. The predicted molar refractivity (Wildman–Crippen MR) is 124 cm³/mol. The lowest BCUT2D eigenvalue weighted by Gasteiger charge is -2.23. The van der Waals surface area contributed by atoms with Crippen molar-refractivity contribution in [1.82, 2.24) is 30.0 Å². The third-order valence-electron chi connectivity index (χ3n) is 5.86. The monoisotopic (exact) mass is 430 g/mol. The Kier molecular flexibility index (Phi) is 5.55. The Bertz CT molecular complexity index is 1210. The highest BCUT2D eigenvalue weighted by molar-refractivity contribution is 5.98. The first-order valence-corrected chi connectivity index (χ1v) is 10.8. The first-order valence-electron chi connectivity index (χ1n) is 10.8. The quantitative estimate of drug-likeness (QED) is 0.428. The molecule has 0 aliphatic carbocycles. The molecule has 164 valence electrons. The van der Waals surface area contributed by atoms with Crippen molar-refractivity contribution >= 4 is 22.5 Å². The number of piperidine rings is 1. The van der Waals surface area contributed by atoms with Crippen LogP contribution in [0.1, 0.15) is 24.4 Å². The summed E-state index contributed by atoms with van der Waals surface area (Å²) in [6.07, 6.45) is 5.27. The van der Waals surface area contributed by atoms with Crippen LogP contribution in [0.25, 0.3) is 22.3 Å². The van der Waals surface area contributed by atoms with E-state index in [0.717, 1.165) is 59.5 Å². The second-order valence-electron chi connectivity index (χ2n) is 7.83. The minimum Gasteiger partial charge on any atom is -0.481 e. The van der Waals surface area contributed by atoms with Crippen LogP contribution < -0.4 is 21.1 Å². The molecule has 1 aromatic carbocycles. The van der Waals surface area contributed by atoms with Crippen LogP contribution in [-0.2, 0) is 6.54 Å². The molecule has 4 aromatic rings. The van der Waals surface area contributed by atoms with Gasteiger partial charge in [0, 0.05) is 29.6 Å². The lowest BCUT2D eigenvalue weighted by atomic mass is 10.1. The van der Waals surface area contributed by atoms with Gasteiger partial charge in [-0.3, -0.25) is 0 Å². The van der Waals surface area contributed by atoms with Gasteiger partial charge in [0.05, 0.1) is 18.5 Å². The third kappa shape index (κ3) is 3.82. The lowest BCUT2D eigenvalue weighted by molar-refractivity contribution is 0.350. The number of nitrogens with one attached hydrogen (secondary N) is 2. The van der Waals surface area contributed by atoms with Crippen molar-refractivity contribution < 1.29 is 4.74 Å². The first kappa shape index (κ1) is 20.2. The summed E-state index contributed by atoms with van der Waals surface area (Å²) < 4.78 is 7.36. The number of nitrogens with two attached hydrogens (primary N) is 1. The number of benzene rings is 1. The minimum absolute atomic E-state index is 0.303. The Labute approximate surface area is 186 Å². The van der Waals surface area contributed by atoms with Gasteiger partial charge >= 0.3 is 0 Å². The molecule has 0 saturated carbocycles. The van der Waals surface area contributed by atoms with E-state index < -0.39 is 0 Å². The smallest absolute Gasteiger partial charge is 0.218 e. The number of pyridine rings is 1. The molecule has 0 bridgehead atoms. The zero-order valence-corrected chi connectivity index (χ0v) is 18.0. The number of anilines is 2. The van der Waals surface area contributed by atoms with Crippen LogP contribution in [0.4, 0.5) is 11.5 Å². The number of hydrogen-bond acceptors (Lipinski definition) is 8. The largest absolute Gasteiger partial charge is 0.481 e. The zero-order chi connectivity index (χ0) is 21.9. The van der Waals surface area contributed by atoms with Crippen molar-refractivity contribution in [3.8, 4) is 17.1 Å². The summed E-state index contributed by atoms with van der Waals surface area (Å²) >= 11 is 0. The average molecular weight is 431 g/mol. The van der Waals surface area contributed by atoms with E-state index in [1.807, 2.05) is 41.1 Å². The lowest BCUT2D eigenvalue weighted by Crippen LogP contribution is -2.30. The molecule has 3 aromatic heterocycles. The molecule has 0 unspecified atom stereocenters. The van der Waals surface area contributed by atoms with Crippen molar-refractivity contribution in [1.29, 1.82) is 0 Å². The van der Waals surface area contributed by atoms with Crippen molar-refractivity contribution in [3.05, 3.63) is 54.5 Å². The Morgan fingerprint density at radius 1 is 1.12 bits per heavy atom. The highest BCUT2D eigenvalue weighted by Gasteiger charge is 2.23. The maximum Gasteiger partial charge on any atom is 0.218 e. The van der Waals surface area contributed by atoms with E-state index in [-0.39, 0.29) is 0 Å². The number of ether oxygens (including phenoxy) is 1. The Morgan fingerprint density at radius 2 is 1.94 bits per heavy atom. The molecule has 1 aliphatic rings. The predicted octanol–water partition coefficient (Wildman–Crippen LogP) is 3.02. The summed E-state index contributed by atoms with van der Waals surface area (Å²) in [5.74, 6) is 1.08. The van der Waals surface area contributed by atoms with Gasteiger partial charge in [-0.05, 0) is 44.1 Å². The summed E-state index contributed by atoms with van der Waals surface area (Å²) in [4.78, 5) is 13.0. The van der Waals surface area contributed by atoms with E-state index >= 15 is 0 Å². The standard InChI is InChI=1S/C23H26N8O/c1-32-23-16(3-2-10-26-23)13-27-17-6-4-15(5-7-17)20-19-21(24)28-14-29-22(19)31(30-20)18-8-11-25-12-9-18/h2-7,10,14,18,25,27H,8-9,11-13H2,1H3,(H2,24,28,29). The van der Waals surface area contributed by atoms with Crippen molar-refractivity contribution in [2.75, 3.05) is 31.2 Å². The second-order valence-corrected chi connectivity index (χ2v) is 7.83. The van der Waals surface area contributed by atoms with Gasteiger partial charge in [-0.2, -0.15) is 5.10 Å². The van der Waals surface area contributed by atoms with Gasteiger partial charge in [0.15, 0.2) is 5.65 Å². The molecule has 1 fully saturated rings. The Hall–Kier alpha value is -3.72. The summed E-state index contributed by atoms with van der Waals surface area (Å²) in [6.45, 7) is 2.57. The number of fused-ring (bicyclic) bond motifs is 1. The van der Waals surface area contributed by atoms with E-state index in [4.69, 9.17) is 15.6 Å². The van der Waals surface area contributed by atoms with E-state index in [1.165, 1.54) is 6.33 Å². The number of rotatable bonds is 6. The fraction of sp³-hybridized carbons (Fsp3) is 0.304. The number of aromatic nitrogens is 5. The molecule has 4 N–H and O–H groups in total. The third-order valence-corrected chi connectivity index (χ3v) is 5.86. The van der Waals surface area contributed by atoms with E-state index in [0.29, 0.717) is 24.3 Å². The molecule has 32 heavy (non-hydrogen) atoms. The molecule has 1 saturated heterocycles. The van der Waals surface area contributed by atoms with Crippen LogP contribution in [0.2, 0.25) is 0 Å². The molecule has 9 nitrogen and oxygen atoms in total. The number of nitrogens with zero attached hydrogens (tertiary/aromatic N) is 5. The molecular formula is C23H26N8O. The summed E-state index contributed by atoms with van der Waals surface area (Å²) in [7, 11) is 1.63. The number of methoxy groups -OCH3 is 1. The maximum atomic E-state index is 6.26. The van der Waals surface area contributed by atoms with E-state index in [1.54, 1.807) is 13.3 Å². The molecule has 5 rings (SSSR count). The topological polar surface area (TPSA) is 116 Å². The summed E-state index contributed by atoms with van der Waals surface area (Å²) in [6, 6.07) is 12.4. The molecule has 0 spiro atoms. The number of nitrogen functional groups attached to an aromatic ring is 1. The Balaban J connectivity index is 1.43. The minimum atomic E-state index is 0.303. The normalized spacial score (nSPS) is 14.5. The van der Waals surface area contributed by atoms with E-state index in [2.05, 4.69) is 25.6 Å². The van der Waals surface area contributed by atoms with Crippen LogP contribution in [0, 0.1) is 0 Å². The van der Waals surface area contributed by atoms with Crippen molar-refractivity contribution in [2.45, 2.75) is 25.4 Å². The molecular weight excluding hydrogens is 404 g/mol. The molecule has 0 radical (unpaired) electrons. The van der Waals surface area contributed by atoms with Gasteiger partial charge in [-0.25, -0.2) is 19.6 Å². The maximum absolute atomic E-state index is 6.26. The Morgan fingerprint density at radius 3 is 2.72 bits per heavy atom.